The van der Waals surface area contributed by atoms with Gasteiger partial charge in [-0.25, -0.2) is 0 Å². The summed E-state index contributed by atoms with van der Waals surface area (Å²) in [5.41, 5.74) is 8.27. The quantitative estimate of drug-likeness (QED) is 0.817. The zero-order valence-electron chi connectivity index (χ0n) is 11.0. The molecule has 1 fully saturated rings. The minimum absolute atomic E-state index is 0.193. The number of nitrogens with two attached hydrogens (primary N) is 1. The van der Waals surface area contributed by atoms with Gasteiger partial charge in [0.15, 0.2) is 0 Å². The van der Waals surface area contributed by atoms with Gasteiger partial charge < -0.3 is 15.4 Å². The highest BCUT2D eigenvalue weighted by atomic mass is 16.5. The summed E-state index contributed by atoms with van der Waals surface area (Å²) in [6.07, 6.45) is 2.44. The molecule has 1 aromatic rings. The molecule has 0 spiro atoms. The molecule has 0 radical (unpaired) electrons. The summed E-state index contributed by atoms with van der Waals surface area (Å²) < 4.78 is 5.55. The maximum absolute atomic E-state index is 6.20. The van der Waals surface area contributed by atoms with Gasteiger partial charge >= 0.3 is 0 Å². The highest BCUT2D eigenvalue weighted by Gasteiger charge is 2.33. The van der Waals surface area contributed by atoms with Crippen molar-refractivity contribution in [3.05, 3.63) is 18.2 Å². The predicted molar refractivity (Wildman–Crippen MR) is 72.7 cm³/mol. The Morgan fingerprint density at radius 2 is 2.18 bits per heavy atom. The van der Waals surface area contributed by atoms with E-state index in [1.165, 1.54) is 12.8 Å². The van der Waals surface area contributed by atoms with E-state index < -0.39 is 0 Å². The van der Waals surface area contributed by atoms with E-state index in [-0.39, 0.29) is 5.54 Å². The van der Waals surface area contributed by atoms with Crippen LogP contribution in [0.1, 0.15) is 33.6 Å². The van der Waals surface area contributed by atoms with Crippen LogP contribution in [0.2, 0.25) is 0 Å². The van der Waals surface area contributed by atoms with Crippen molar-refractivity contribution in [1.29, 1.82) is 0 Å². The predicted octanol–water partition coefficient (Wildman–Crippen LogP) is 3.05. The van der Waals surface area contributed by atoms with Gasteiger partial charge in [0, 0.05) is 12.1 Å². The van der Waals surface area contributed by atoms with E-state index in [4.69, 9.17) is 10.5 Å². The molecule has 1 aliphatic rings. The van der Waals surface area contributed by atoms with Crippen LogP contribution in [0.4, 0.5) is 11.4 Å². The number of rotatable bonds is 3. The smallest absolute Gasteiger partial charge is 0.144 e. The second-order valence-corrected chi connectivity index (χ2v) is 5.19. The highest BCUT2D eigenvalue weighted by molar-refractivity contribution is 5.75. The molecule has 3 heteroatoms. The number of nitrogen functional groups attached to an aromatic ring is 1. The number of ether oxygens (including phenoxy) is 1. The number of hydrogen-bond acceptors (Lipinski definition) is 3. The molecule has 0 amide bonds. The maximum Gasteiger partial charge on any atom is 0.144 e. The van der Waals surface area contributed by atoms with Gasteiger partial charge in [-0.2, -0.15) is 0 Å². The molecule has 2 N–H and O–H groups in total. The van der Waals surface area contributed by atoms with Gasteiger partial charge in [-0.3, -0.25) is 0 Å². The van der Waals surface area contributed by atoms with Gasteiger partial charge in [-0.05, 0) is 45.7 Å². The summed E-state index contributed by atoms with van der Waals surface area (Å²) in [6.45, 7) is 8.25. The fraction of sp³-hybridized carbons (Fsp3) is 0.571. The Kier molecular flexibility index (Phi) is 3.18. The van der Waals surface area contributed by atoms with Crippen molar-refractivity contribution in [2.45, 2.75) is 39.2 Å². The summed E-state index contributed by atoms with van der Waals surface area (Å²) in [6, 6.07) is 6.04. The SMILES string of the molecule is CCOc1cccc(N2CCCC2(C)C)c1N. The first-order valence-electron chi connectivity index (χ1n) is 6.35. The van der Waals surface area contributed by atoms with Crippen LogP contribution in [0.5, 0.6) is 5.75 Å². The lowest BCUT2D eigenvalue weighted by Gasteiger charge is -2.34. The lowest BCUT2D eigenvalue weighted by Crippen LogP contribution is -2.38. The molecule has 1 aromatic carbocycles. The van der Waals surface area contributed by atoms with Crippen molar-refractivity contribution >= 4 is 11.4 Å². The van der Waals surface area contributed by atoms with E-state index in [9.17, 15) is 0 Å². The van der Waals surface area contributed by atoms with Gasteiger partial charge in [0.1, 0.15) is 5.75 Å². The van der Waals surface area contributed by atoms with E-state index in [2.05, 4.69) is 24.8 Å². The number of nitrogens with zero attached hydrogens (tertiary/aromatic N) is 1. The lowest BCUT2D eigenvalue weighted by molar-refractivity contribution is 0.342. The molecule has 2 rings (SSSR count). The van der Waals surface area contributed by atoms with Crippen LogP contribution >= 0.6 is 0 Å². The van der Waals surface area contributed by atoms with E-state index in [0.29, 0.717) is 6.61 Å². The van der Waals surface area contributed by atoms with Gasteiger partial charge in [-0.1, -0.05) is 6.07 Å². The van der Waals surface area contributed by atoms with Crippen molar-refractivity contribution < 1.29 is 4.74 Å². The molecule has 0 saturated carbocycles. The molecule has 1 saturated heterocycles. The largest absolute Gasteiger partial charge is 0.492 e. The van der Waals surface area contributed by atoms with Crippen LogP contribution < -0.4 is 15.4 Å². The molecule has 0 unspecified atom stereocenters. The van der Waals surface area contributed by atoms with E-state index >= 15 is 0 Å². The first-order valence-corrected chi connectivity index (χ1v) is 6.35. The van der Waals surface area contributed by atoms with Gasteiger partial charge in [0.25, 0.3) is 0 Å². The Bertz CT molecular complexity index is 401. The molecule has 1 heterocycles. The maximum atomic E-state index is 6.20. The zero-order chi connectivity index (χ0) is 12.5. The van der Waals surface area contributed by atoms with Gasteiger partial charge in [0.05, 0.1) is 18.0 Å². The van der Waals surface area contributed by atoms with Gasteiger partial charge in [-0.15, -0.1) is 0 Å². The van der Waals surface area contributed by atoms with Crippen molar-refractivity contribution in [2.75, 3.05) is 23.8 Å². The average molecular weight is 234 g/mol. The minimum atomic E-state index is 0.193. The first kappa shape index (κ1) is 12.1. The first-order chi connectivity index (χ1) is 8.06. The Morgan fingerprint density at radius 3 is 2.76 bits per heavy atom. The van der Waals surface area contributed by atoms with Crippen LogP contribution in [0.15, 0.2) is 18.2 Å². The summed E-state index contributed by atoms with van der Waals surface area (Å²) in [5.74, 6) is 0.799. The standard InChI is InChI=1S/C14H22N2O/c1-4-17-12-8-5-7-11(13(12)15)16-10-6-9-14(16,2)3/h5,7-8H,4,6,9-10,15H2,1-3H3. The van der Waals surface area contributed by atoms with Crippen LogP contribution in [0.3, 0.4) is 0 Å². The number of anilines is 2. The monoisotopic (exact) mass is 234 g/mol. The summed E-state index contributed by atoms with van der Waals surface area (Å²) >= 11 is 0. The number of benzene rings is 1. The Hall–Kier alpha value is -1.38. The Balaban J connectivity index is 2.35. The molecule has 17 heavy (non-hydrogen) atoms. The van der Waals surface area contributed by atoms with Crippen molar-refractivity contribution in [2.24, 2.45) is 0 Å². The summed E-state index contributed by atoms with van der Waals surface area (Å²) in [7, 11) is 0. The summed E-state index contributed by atoms with van der Waals surface area (Å²) in [5, 5.41) is 0. The number of hydrogen-bond donors (Lipinski definition) is 1. The van der Waals surface area contributed by atoms with Crippen LogP contribution in [0, 0.1) is 0 Å². The van der Waals surface area contributed by atoms with Crippen LogP contribution in [-0.2, 0) is 0 Å². The van der Waals surface area contributed by atoms with E-state index in [0.717, 1.165) is 23.7 Å². The Labute approximate surface area is 104 Å². The van der Waals surface area contributed by atoms with Crippen LogP contribution in [0.25, 0.3) is 0 Å². The van der Waals surface area contributed by atoms with Crippen molar-refractivity contribution in [3.8, 4) is 5.75 Å². The highest BCUT2D eigenvalue weighted by Crippen LogP contribution is 2.40. The molecule has 94 valence electrons. The molecule has 0 aliphatic carbocycles. The molecule has 1 aliphatic heterocycles. The molecular formula is C14H22N2O. The minimum Gasteiger partial charge on any atom is -0.492 e. The molecule has 3 nitrogen and oxygen atoms in total. The third-order valence-corrected chi connectivity index (χ3v) is 3.53. The fourth-order valence-corrected chi connectivity index (χ4v) is 2.60. The summed E-state index contributed by atoms with van der Waals surface area (Å²) in [4.78, 5) is 2.39. The van der Waals surface area contributed by atoms with E-state index in [1.807, 2.05) is 19.1 Å². The third-order valence-electron chi connectivity index (χ3n) is 3.53. The van der Waals surface area contributed by atoms with Gasteiger partial charge in [0.2, 0.25) is 0 Å². The average Bonchev–Trinajstić information content (AvgIpc) is 2.62. The van der Waals surface area contributed by atoms with E-state index in [1.54, 1.807) is 0 Å². The lowest BCUT2D eigenvalue weighted by atomic mass is 10.0. The second-order valence-electron chi connectivity index (χ2n) is 5.19. The van der Waals surface area contributed by atoms with Crippen molar-refractivity contribution in [1.82, 2.24) is 0 Å². The normalized spacial score (nSPS) is 18.4. The third kappa shape index (κ3) is 2.19. The molecule has 0 bridgehead atoms. The number of para-hydroxylation sites is 1. The molecular weight excluding hydrogens is 212 g/mol. The molecule has 0 atom stereocenters. The van der Waals surface area contributed by atoms with Crippen molar-refractivity contribution in [3.63, 3.8) is 0 Å². The topological polar surface area (TPSA) is 38.5 Å². The Morgan fingerprint density at radius 1 is 1.41 bits per heavy atom. The fourth-order valence-electron chi connectivity index (χ4n) is 2.60. The molecule has 0 aromatic heterocycles. The van der Waals surface area contributed by atoms with Crippen LogP contribution in [-0.4, -0.2) is 18.7 Å². The second kappa shape index (κ2) is 4.47. The zero-order valence-corrected chi connectivity index (χ0v) is 11.0.